The zero-order valence-electron chi connectivity index (χ0n) is 17.5. The molecule has 0 saturated carbocycles. The van der Waals surface area contributed by atoms with Crippen molar-refractivity contribution in [3.05, 3.63) is 90.0 Å². The van der Waals surface area contributed by atoms with Gasteiger partial charge in [0, 0.05) is 24.3 Å². The Kier molecular flexibility index (Phi) is 7.13. The number of anilines is 2. The van der Waals surface area contributed by atoms with Crippen LogP contribution in [-0.4, -0.2) is 28.3 Å². The van der Waals surface area contributed by atoms with Gasteiger partial charge in [-0.2, -0.15) is 8.42 Å². The van der Waals surface area contributed by atoms with Gasteiger partial charge < -0.3 is 9.64 Å². The molecule has 1 atom stereocenters. The van der Waals surface area contributed by atoms with E-state index in [1.165, 1.54) is 0 Å². The average molecular weight is 426 g/mol. The molecule has 0 aliphatic heterocycles. The maximum absolute atomic E-state index is 11.2. The molecule has 3 rings (SSSR count). The molecule has 3 aromatic rings. The molecule has 0 fully saturated rings. The van der Waals surface area contributed by atoms with Crippen LogP contribution in [0.25, 0.3) is 0 Å². The summed E-state index contributed by atoms with van der Waals surface area (Å²) in [5.41, 5.74) is 4.24. The SMILES string of the molecule is CC(COS(C)(=O)=O)c1ccc(N(C)c2ccc(OCc3ccccc3)cc2)cc1. The van der Waals surface area contributed by atoms with E-state index in [2.05, 4.69) is 4.90 Å². The largest absolute Gasteiger partial charge is 0.489 e. The number of hydrogen-bond donors (Lipinski definition) is 0. The molecule has 0 aromatic heterocycles. The number of rotatable bonds is 9. The summed E-state index contributed by atoms with van der Waals surface area (Å²) in [6.07, 6.45) is 1.07. The molecule has 0 bridgehead atoms. The van der Waals surface area contributed by atoms with Crippen molar-refractivity contribution in [1.82, 2.24) is 0 Å². The van der Waals surface area contributed by atoms with Gasteiger partial charge in [0.2, 0.25) is 0 Å². The van der Waals surface area contributed by atoms with E-state index in [4.69, 9.17) is 8.92 Å². The standard InChI is InChI=1S/C24H27NO4S/c1-19(17-29-30(3,26)27)21-9-11-22(12-10-21)25(2)23-13-15-24(16-14-23)28-18-20-7-5-4-6-8-20/h4-16,19H,17-18H2,1-3H3. The molecule has 30 heavy (non-hydrogen) atoms. The van der Waals surface area contributed by atoms with E-state index in [1.807, 2.05) is 92.8 Å². The van der Waals surface area contributed by atoms with Crippen molar-refractivity contribution in [2.45, 2.75) is 19.4 Å². The predicted molar refractivity (Wildman–Crippen MR) is 121 cm³/mol. The Morgan fingerprint density at radius 3 is 2.00 bits per heavy atom. The van der Waals surface area contributed by atoms with E-state index in [0.717, 1.165) is 34.5 Å². The molecule has 0 aliphatic rings. The first kappa shape index (κ1) is 21.9. The van der Waals surface area contributed by atoms with Crippen LogP contribution in [0.5, 0.6) is 5.75 Å². The van der Waals surface area contributed by atoms with Crippen LogP contribution >= 0.6 is 0 Å². The summed E-state index contributed by atoms with van der Waals surface area (Å²) in [4.78, 5) is 2.09. The van der Waals surface area contributed by atoms with Crippen molar-refractivity contribution in [3.63, 3.8) is 0 Å². The fraction of sp³-hybridized carbons (Fsp3) is 0.250. The van der Waals surface area contributed by atoms with Crippen LogP contribution in [0.15, 0.2) is 78.9 Å². The summed E-state index contributed by atoms with van der Waals surface area (Å²) in [6.45, 7) is 2.62. The van der Waals surface area contributed by atoms with Crippen LogP contribution in [0, 0.1) is 0 Å². The van der Waals surface area contributed by atoms with Gasteiger partial charge in [-0.05, 0) is 47.5 Å². The zero-order valence-corrected chi connectivity index (χ0v) is 18.3. The van der Waals surface area contributed by atoms with Gasteiger partial charge in [-0.25, -0.2) is 0 Å². The second-order valence-corrected chi connectivity index (χ2v) is 8.95. The second-order valence-electron chi connectivity index (χ2n) is 7.31. The monoisotopic (exact) mass is 425 g/mol. The normalized spacial score (nSPS) is 12.4. The van der Waals surface area contributed by atoms with Crippen LogP contribution in [0.2, 0.25) is 0 Å². The summed E-state index contributed by atoms with van der Waals surface area (Å²) in [5.74, 6) is 0.811. The van der Waals surface area contributed by atoms with Gasteiger partial charge in [-0.15, -0.1) is 0 Å². The lowest BCUT2D eigenvalue weighted by Gasteiger charge is -2.21. The van der Waals surface area contributed by atoms with E-state index in [0.29, 0.717) is 6.61 Å². The third kappa shape index (κ3) is 6.34. The van der Waals surface area contributed by atoms with Crippen LogP contribution in [0.1, 0.15) is 24.0 Å². The minimum Gasteiger partial charge on any atom is -0.489 e. The summed E-state index contributed by atoms with van der Waals surface area (Å²) >= 11 is 0. The Balaban J connectivity index is 1.59. The molecular formula is C24H27NO4S. The number of nitrogens with zero attached hydrogens (tertiary/aromatic N) is 1. The summed E-state index contributed by atoms with van der Waals surface area (Å²) in [5, 5.41) is 0. The molecule has 6 heteroatoms. The van der Waals surface area contributed by atoms with E-state index in [1.54, 1.807) is 0 Å². The molecular weight excluding hydrogens is 398 g/mol. The molecule has 0 radical (unpaired) electrons. The predicted octanol–water partition coefficient (Wildman–Crippen LogP) is 5.11. The first-order valence-corrected chi connectivity index (χ1v) is 11.6. The highest BCUT2D eigenvalue weighted by Crippen LogP contribution is 2.27. The van der Waals surface area contributed by atoms with Crippen molar-refractivity contribution >= 4 is 21.5 Å². The smallest absolute Gasteiger partial charge is 0.264 e. The zero-order chi connectivity index (χ0) is 21.6. The minimum absolute atomic E-state index is 0.0138. The highest BCUT2D eigenvalue weighted by Gasteiger charge is 2.11. The topological polar surface area (TPSA) is 55.8 Å². The fourth-order valence-corrected chi connectivity index (χ4v) is 3.46. The van der Waals surface area contributed by atoms with Gasteiger partial charge in [-0.3, -0.25) is 4.18 Å². The lowest BCUT2D eigenvalue weighted by atomic mass is 10.0. The lowest BCUT2D eigenvalue weighted by Crippen LogP contribution is -2.11. The molecule has 5 nitrogen and oxygen atoms in total. The third-order valence-electron chi connectivity index (χ3n) is 4.85. The first-order valence-electron chi connectivity index (χ1n) is 9.77. The van der Waals surface area contributed by atoms with Crippen molar-refractivity contribution in [3.8, 4) is 5.75 Å². The van der Waals surface area contributed by atoms with Crippen LogP contribution in [0.4, 0.5) is 11.4 Å². The molecule has 0 heterocycles. The van der Waals surface area contributed by atoms with E-state index in [-0.39, 0.29) is 12.5 Å². The maximum atomic E-state index is 11.2. The van der Waals surface area contributed by atoms with Gasteiger partial charge in [0.1, 0.15) is 12.4 Å². The summed E-state index contributed by atoms with van der Waals surface area (Å²) in [7, 11) is -1.42. The fourth-order valence-electron chi connectivity index (χ4n) is 3.00. The van der Waals surface area contributed by atoms with E-state index < -0.39 is 10.1 Å². The molecule has 3 aromatic carbocycles. The van der Waals surface area contributed by atoms with Gasteiger partial charge in [0.05, 0.1) is 12.9 Å². The Morgan fingerprint density at radius 2 is 1.43 bits per heavy atom. The van der Waals surface area contributed by atoms with Crippen LogP contribution in [-0.2, 0) is 20.9 Å². The highest BCUT2D eigenvalue weighted by molar-refractivity contribution is 7.85. The second kappa shape index (κ2) is 9.78. The molecule has 0 N–H and O–H groups in total. The van der Waals surface area contributed by atoms with Gasteiger partial charge >= 0.3 is 0 Å². The lowest BCUT2D eigenvalue weighted by molar-refractivity contribution is 0.301. The Morgan fingerprint density at radius 1 is 0.867 bits per heavy atom. The molecule has 158 valence electrons. The molecule has 0 saturated heterocycles. The Bertz CT molecular complexity index is 1030. The first-order chi connectivity index (χ1) is 14.3. The average Bonchev–Trinajstić information content (AvgIpc) is 2.76. The van der Waals surface area contributed by atoms with E-state index >= 15 is 0 Å². The van der Waals surface area contributed by atoms with Gasteiger partial charge in [0.25, 0.3) is 10.1 Å². The van der Waals surface area contributed by atoms with Crippen molar-refractivity contribution < 1.29 is 17.3 Å². The quantitative estimate of drug-likeness (QED) is 0.446. The van der Waals surface area contributed by atoms with Gasteiger partial charge in [0.15, 0.2) is 0 Å². The van der Waals surface area contributed by atoms with Crippen molar-refractivity contribution in [1.29, 1.82) is 0 Å². The molecule has 0 amide bonds. The minimum atomic E-state index is -3.43. The van der Waals surface area contributed by atoms with Crippen molar-refractivity contribution in [2.75, 3.05) is 24.8 Å². The highest BCUT2D eigenvalue weighted by atomic mass is 32.2. The molecule has 1 unspecified atom stereocenters. The Labute approximate surface area is 179 Å². The van der Waals surface area contributed by atoms with Crippen molar-refractivity contribution in [2.24, 2.45) is 0 Å². The summed E-state index contributed by atoms with van der Waals surface area (Å²) < 4.78 is 33.1. The van der Waals surface area contributed by atoms with Gasteiger partial charge in [-0.1, -0.05) is 49.4 Å². The third-order valence-corrected chi connectivity index (χ3v) is 5.42. The van der Waals surface area contributed by atoms with Crippen LogP contribution < -0.4 is 9.64 Å². The Hall–Kier alpha value is -2.83. The molecule has 0 spiro atoms. The summed E-state index contributed by atoms with van der Waals surface area (Å²) in [6, 6.07) is 26.1. The molecule has 0 aliphatic carbocycles. The van der Waals surface area contributed by atoms with E-state index in [9.17, 15) is 8.42 Å². The number of ether oxygens (including phenoxy) is 1. The van der Waals surface area contributed by atoms with Crippen LogP contribution in [0.3, 0.4) is 0 Å². The number of hydrogen-bond acceptors (Lipinski definition) is 5. The maximum Gasteiger partial charge on any atom is 0.264 e. The number of benzene rings is 3.